The van der Waals surface area contributed by atoms with E-state index in [1.54, 1.807) is 26.6 Å². The van der Waals surface area contributed by atoms with Gasteiger partial charge in [0.25, 0.3) is 5.56 Å². The second kappa shape index (κ2) is 10.3. The Morgan fingerprint density at radius 1 is 0.944 bits per heavy atom. The molecule has 0 radical (unpaired) electrons. The Morgan fingerprint density at radius 3 is 2.53 bits per heavy atom. The van der Waals surface area contributed by atoms with Gasteiger partial charge in [0.2, 0.25) is 0 Å². The molecule has 8 nitrogen and oxygen atoms in total. The molecule has 5 aromatic rings. The van der Waals surface area contributed by atoms with Crippen LogP contribution in [0.4, 0.5) is 5.82 Å². The summed E-state index contributed by atoms with van der Waals surface area (Å²) in [6.07, 6.45) is 4.97. The minimum Gasteiger partial charge on any atom is -0.493 e. The molecule has 3 aromatic heterocycles. The van der Waals surface area contributed by atoms with Crippen LogP contribution < -0.4 is 20.3 Å². The summed E-state index contributed by atoms with van der Waals surface area (Å²) in [5.41, 5.74) is 3.95. The molecule has 0 aliphatic carbocycles. The Morgan fingerprint density at radius 2 is 1.75 bits per heavy atom. The molecule has 0 unspecified atom stereocenters. The first-order valence-electron chi connectivity index (χ1n) is 11.5. The number of ether oxygens (including phenoxy) is 2. The number of hydrogen-bond acceptors (Lipinski definition) is 7. The van der Waals surface area contributed by atoms with Gasteiger partial charge in [-0.15, -0.1) is 0 Å². The fourth-order valence-electron chi connectivity index (χ4n) is 3.87. The van der Waals surface area contributed by atoms with Crippen molar-refractivity contribution in [1.29, 1.82) is 0 Å². The molecule has 2 aromatic carbocycles. The number of aromatic nitrogens is 4. The summed E-state index contributed by atoms with van der Waals surface area (Å²) in [5.74, 6) is 1.69. The fraction of sp³-hybridized carbons (Fsp3) is 0.143. The zero-order valence-electron chi connectivity index (χ0n) is 20.0. The van der Waals surface area contributed by atoms with Gasteiger partial charge in [0, 0.05) is 31.5 Å². The molecule has 0 fully saturated rings. The van der Waals surface area contributed by atoms with Gasteiger partial charge in [-0.1, -0.05) is 30.3 Å². The van der Waals surface area contributed by atoms with E-state index < -0.39 is 0 Å². The van der Waals surface area contributed by atoms with Crippen molar-refractivity contribution in [3.8, 4) is 22.8 Å². The maximum atomic E-state index is 12.9. The second-order valence-electron chi connectivity index (χ2n) is 8.26. The van der Waals surface area contributed by atoms with Gasteiger partial charge in [-0.3, -0.25) is 9.78 Å². The lowest BCUT2D eigenvalue weighted by atomic mass is 10.1. The van der Waals surface area contributed by atoms with Gasteiger partial charge >= 0.3 is 0 Å². The summed E-state index contributed by atoms with van der Waals surface area (Å²) >= 11 is 0. The zero-order valence-corrected chi connectivity index (χ0v) is 20.0. The molecule has 0 aliphatic rings. The third-order valence-corrected chi connectivity index (χ3v) is 5.81. The van der Waals surface area contributed by atoms with Crippen molar-refractivity contribution in [1.82, 2.24) is 19.5 Å². The van der Waals surface area contributed by atoms with Crippen molar-refractivity contribution in [2.24, 2.45) is 7.05 Å². The van der Waals surface area contributed by atoms with Crippen molar-refractivity contribution in [2.75, 3.05) is 12.4 Å². The summed E-state index contributed by atoms with van der Waals surface area (Å²) in [6, 6.07) is 21.3. The molecule has 0 atom stereocenters. The van der Waals surface area contributed by atoms with E-state index in [0.717, 1.165) is 16.7 Å². The van der Waals surface area contributed by atoms with Crippen molar-refractivity contribution in [3.63, 3.8) is 0 Å². The van der Waals surface area contributed by atoms with E-state index in [-0.39, 0.29) is 5.56 Å². The van der Waals surface area contributed by atoms with Crippen LogP contribution >= 0.6 is 0 Å². The topological polar surface area (TPSA) is 91.2 Å². The van der Waals surface area contributed by atoms with Gasteiger partial charge in [0.15, 0.2) is 11.5 Å². The van der Waals surface area contributed by atoms with E-state index in [1.165, 1.54) is 10.9 Å². The Balaban J connectivity index is 1.50. The summed E-state index contributed by atoms with van der Waals surface area (Å²) in [7, 11) is 3.28. The molecule has 0 saturated heterocycles. The van der Waals surface area contributed by atoms with Crippen LogP contribution in [0, 0.1) is 0 Å². The number of methoxy groups -OCH3 is 1. The van der Waals surface area contributed by atoms with Crippen LogP contribution in [0.3, 0.4) is 0 Å². The van der Waals surface area contributed by atoms with Crippen molar-refractivity contribution in [3.05, 3.63) is 107 Å². The fourth-order valence-corrected chi connectivity index (χ4v) is 3.87. The second-order valence-corrected chi connectivity index (χ2v) is 8.26. The number of benzene rings is 2. The smallest absolute Gasteiger partial charge is 0.264 e. The molecule has 0 spiro atoms. The van der Waals surface area contributed by atoms with E-state index in [4.69, 9.17) is 14.5 Å². The van der Waals surface area contributed by atoms with Crippen LogP contribution in [0.15, 0.2) is 90.2 Å². The number of anilines is 1. The van der Waals surface area contributed by atoms with Gasteiger partial charge in [0.1, 0.15) is 17.8 Å². The van der Waals surface area contributed by atoms with Crippen LogP contribution in [0.5, 0.6) is 11.5 Å². The van der Waals surface area contributed by atoms with Crippen molar-refractivity contribution in [2.45, 2.75) is 13.2 Å². The summed E-state index contributed by atoms with van der Waals surface area (Å²) in [4.78, 5) is 26.3. The third kappa shape index (κ3) is 4.88. The molecule has 8 heteroatoms. The van der Waals surface area contributed by atoms with Gasteiger partial charge in [-0.05, 0) is 47.5 Å². The number of pyridine rings is 2. The molecule has 1 N–H and O–H groups in total. The largest absolute Gasteiger partial charge is 0.493 e. The minimum absolute atomic E-state index is 0.168. The Labute approximate surface area is 208 Å². The highest BCUT2D eigenvalue weighted by Crippen LogP contribution is 2.34. The predicted octanol–water partition coefficient (Wildman–Crippen LogP) is 4.59. The van der Waals surface area contributed by atoms with Crippen LogP contribution in [0.25, 0.3) is 22.2 Å². The molecule has 0 aliphatic heterocycles. The van der Waals surface area contributed by atoms with Crippen LogP contribution in [0.1, 0.15) is 11.1 Å². The molecule has 36 heavy (non-hydrogen) atoms. The first kappa shape index (κ1) is 23.0. The van der Waals surface area contributed by atoms with Gasteiger partial charge in [0.05, 0.1) is 24.6 Å². The van der Waals surface area contributed by atoms with Crippen LogP contribution in [-0.2, 0) is 20.2 Å². The molecule has 5 rings (SSSR count). The Kier molecular flexibility index (Phi) is 6.57. The quantitative estimate of drug-likeness (QED) is 0.348. The number of nitrogens with one attached hydrogen (secondary N) is 1. The molecule has 0 bridgehead atoms. The summed E-state index contributed by atoms with van der Waals surface area (Å²) in [6.45, 7) is 0.919. The lowest BCUT2D eigenvalue weighted by Gasteiger charge is -2.14. The number of hydrogen-bond donors (Lipinski definition) is 1. The first-order valence-corrected chi connectivity index (χ1v) is 11.5. The molecule has 0 amide bonds. The standard InChI is InChI=1S/C28H25N5O3/c1-33-18-31-23-15-22(32-27(26(23)28(33)34)30-16-19-10-12-29-13-11-19)21-8-9-24(25(14-21)35-2)36-17-20-6-4-3-5-7-20/h3-15,18H,16-17H2,1-2H3,(H,30,32). The zero-order chi connectivity index (χ0) is 24.9. The average molecular weight is 480 g/mol. The van der Waals surface area contributed by atoms with Crippen molar-refractivity contribution < 1.29 is 9.47 Å². The van der Waals surface area contributed by atoms with Crippen molar-refractivity contribution >= 4 is 16.7 Å². The number of nitrogens with zero attached hydrogens (tertiary/aromatic N) is 4. The SMILES string of the molecule is COc1cc(-c2cc3ncn(C)c(=O)c3c(NCc3ccncc3)n2)ccc1OCc1ccccc1. The maximum absolute atomic E-state index is 12.9. The molecular formula is C28H25N5O3. The summed E-state index contributed by atoms with van der Waals surface area (Å²) in [5, 5.41) is 3.75. The van der Waals surface area contributed by atoms with E-state index in [9.17, 15) is 4.79 Å². The number of aryl methyl sites for hydroxylation is 1. The van der Waals surface area contributed by atoms with Gasteiger partial charge in [-0.25, -0.2) is 9.97 Å². The normalized spacial score (nSPS) is 10.8. The van der Waals surface area contributed by atoms with E-state index in [2.05, 4.69) is 15.3 Å². The van der Waals surface area contributed by atoms with E-state index in [1.807, 2.05) is 66.7 Å². The van der Waals surface area contributed by atoms with Gasteiger partial charge in [-0.2, -0.15) is 0 Å². The number of fused-ring (bicyclic) bond motifs is 1. The highest BCUT2D eigenvalue weighted by Gasteiger charge is 2.15. The molecular weight excluding hydrogens is 454 g/mol. The lowest BCUT2D eigenvalue weighted by Crippen LogP contribution is -2.19. The Bertz CT molecular complexity index is 1550. The molecule has 3 heterocycles. The molecule has 180 valence electrons. The monoisotopic (exact) mass is 479 g/mol. The summed E-state index contributed by atoms with van der Waals surface area (Å²) < 4.78 is 13.1. The first-order chi connectivity index (χ1) is 17.6. The highest BCUT2D eigenvalue weighted by molar-refractivity contribution is 5.91. The van der Waals surface area contributed by atoms with Crippen LogP contribution in [0.2, 0.25) is 0 Å². The predicted molar refractivity (Wildman–Crippen MR) is 139 cm³/mol. The average Bonchev–Trinajstić information content (AvgIpc) is 2.93. The number of rotatable bonds is 8. The molecule has 0 saturated carbocycles. The lowest BCUT2D eigenvalue weighted by molar-refractivity contribution is 0.284. The van der Waals surface area contributed by atoms with Gasteiger partial charge < -0.3 is 19.4 Å². The van der Waals surface area contributed by atoms with E-state index >= 15 is 0 Å². The Hall–Kier alpha value is -4.72. The van der Waals surface area contributed by atoms with E-state index in [0.29, 0.717) is 47.1 Å². The minimum atomic E-state index is -0.168. The maximum Gasteiger partial charge on any atom is 0.264 e. The van der Waals surface area contributed by atoms with Crippen LogP contribution in [-0.4, -0.2) is 26.6 Å². The highest BCUT2D eigenvalue weighted by atomic mass is 16.5. The third-order valence-electron chi connectivity index (χ3n) is 5.81.